The summed E-state index contributed by atoms with van der Waals surface area (Å²) in [6.07, 6.45) is 0.792. The van der Waals surface area contributed by atoms with Gasteiger partial charge in [-0.15, -0.1) is 0 Å². The van der Waals surface area contributed by atoms with Gasteiger partial charge in [-0.1, -0.05) is 6.92 Å². The summed E-state index contributed by atoms with van der Waals surface area (Å²) in [5.74, 6) is 0.664. The van der Waals surface area contributed by atoms with Gasteiger partial charge in [-0.05, 0) is 0 Å². The van der Waals surface area contributed by atoms with E-state index in [1.807, 2.05) is 18.9 Å². The highest BCUT2D eigenvalue weighted by Crippen LogP contribution is 1.88. The van der Waals surface area contributed by atoms with Crippen molar-refractivity contribution in [1.82, 2.24) is 4.90 Å². The molecule has 0 unspecified atom stereocenters. The normalized spacial score (nSPS) is 9.50. The lowest BCUT2D eigenvalue weighted by molar-refractivity contribution is 0.182. The smallest absolute Gasteiger partial charge is 0.0953 e. The lowest BCUT2D eigenvalue weighted by Gasteiger charge is -2.17. The van der Waals surface area contributed by atoms with Crippen molar-refractivity contribution in [1.29, 1.82) is 5.41 Å². The molecule has 60 valence electrons. The Bertz CT molecular complexity index is 104. The number of rotatable bonds is 4. The molecule has 0 atom stereocenters. The van der Waals surface area contributed by atoms with Gasteiger partial charge in [0, 0.05) is 27.1 Å². The zero-order valence-electron chi connectivity index (χ0n) is 6.98. The Morgan fingerprint density at radius 1 is 1.60 bits per heavy atom. The molecule has 0 aliphatic carbocycles. The van der Waals surface area contributed by atoms with Gasteiger partial charge in [-0.3, -0.25) is 5.41 Å². The fourth-order valence-corrected chi connectivity index (χ4v) is 0.633. The van der Waals surface area contributed by atoms with E-state index in [0.717, 1.165) is 13.0 Å². The van der Waals surface area contributed by atoms with E-state index in [1.165, 1.54) is 0 Å². The summed E-state index contributed by atoms with van der Waals surface area (Å²) in [6.45, 7) is 3.48. The van der Waals surface area contributed by atoms with Crippen molar-refractivity contribution < 1.29 is 4.74 Å². The molecule has 1 N–H and O–H groups in total. The first-order valence-corrected chi connectivity index (χ1v) is 3.49. The van der Waals surface area contributed by atoms with E-state index >= 15 is 0 Å². The summed E-state index contributed by atoms with van der Waals surface area (Å²) < 4.78 is 4.87. The van der Waals surface area contributed by atoms with Crippen LogP contribution in [0.3, 0.4) is 0 Å². The molecule has 0 rings (SSSR count). The van der Waals surface area contributed by atoms with Gasteiger partial charge in [0.1, 0.15) is 0 Å². The number of nitrogens with zero attached hydrogens (tertiary/aromatic N) is 1. The van der Waals surface area contributed by atoms with Crippen LogP contribution >= 0.6 is 0 Å². The van der Waals surface area contributed by atoms with Crippen molar-refractivity contribution in [3.63, 3.8) is 0 Å². The van der Waals surface area contributed by atoms with Crippen LogP contribution in [0.15, 0.2) is 0 Å². The first kappa shape index (κ1) is 9.43. The molecule has 0 aliphatic heterocycles. The second kappa shape index (κ2) is 5.23. The zero-order chi connectivity index (χ0) is 7.98. The highest BCUT2D eigenvalue weighted by Gasteiger charge is 1.98. The molecule has 0 aromatic rings. The molecular formula is C7H16N2O. The first-order valence-electron chi connectivity index (χ1n) is 3.49. The first-order chi connectivity index (χ1) is 4.72. The molecule has 0 bridgehead atoms. The highest BCUT2D eigenvalue weighted by atomic mass is 16.5. The van der Waals surface area contributed by atoms with Crippen LogP contribution in [0.4, 0.5) is 0 Å². The minimum absolute atomic E-state index is 0.664. The summed E-state index contributed by atoms with van der Waals surface area (Å²) >= 11 is 0. The van der Waals surface area contributed by atoms with Crippen LogP contribution in [0, 0.1) is 5.41 Å². The maximum atomic E-state index is 7.39. The van der Waals surface area contributed by atoms with E-state index in [9.17, 15) is 0 Å². The Morgan fingerprint density at radius 3 is 2.60 bits per heavy atom. The van der Waals surface area contributed by atoms with E-state index in [0.29, 0.717) is 12.4 Å². The van der Waals surface area contributed by atoms with E-state index in [1.54, 1.807) is 7.11 Å². The van der Waals surface area contributed by atoms with Gasteiger partial charge in [0.25, 0.3) is 0 Å². The minimum Gasteiger partial charge on any atom is -0.383 e. The van der Waals surface area contributed by atoms with Crippen molar-refractivity contribution >= 4 is 5.84 Å². The SMILES string of the molecule is CCC(=N)N(C)CCOC. The molecule has 0 saturated carbocycles. The number of hydrogen-bond acceptors (Lipinski definition) is 2. The number of ether oxygens (including phenoxy) is 1. The predicted molar refractivity (Wildman–Crippen MR) is 42.5 cm³/mol. The summed E-state index contributed by atoms with van der Waals surface area (Å²) in [6, 6.07) is 0. The van der Waals surface area contributed by atoms with Gasteiger partial charge in [0.15, 0.2) is 0 Å². The summed E-state index contributed by atoms with van der Waals surface area (Å²) in [5.41, 5.74) is 0. The number of likely N-dealkylation sites (N-methyl/N-ethyl adjacent to an activating group) is 1. The molecule has 0 amide bonds. The van der Waals surface area contributed by atoms with Gasteiger partial charge in [0.05, 0.1) is 12.4 Å². The monoisotopic (exact) mass is 144 g/mol. The maximum absolute atomic E-state index is 7.39. The van der Waals surface area contributed by atoms with E-state index < -0.39 is 0 Å². The van der Waals surface area contributed by atoms with E-state index in [-0.39, 0.29) is 0 Å². The second-order valence-corrected chi connectivity index (χ2v) is 2.21. The molecule has 10 heavy (non-hydrogen) atoms. The quantitative estimate of drug-likeness (QED) is 0.471. The van der Waals surface area contributed by atoms with Crippen LogP contribution in [-0.4, -0.2) is 38.0 Å². The number of nitrogens with one attached hydrogen (secondary N) is 1. The van der Waals surface area contributed by atoms with Gasteiger partial charge >= 0.3 is 0 Å². The number of hydrogen-bond donors (Lipinski definition) is 1. The average molecular weight is 144 g/mol. The number of amidine groups is 1. The molecule has 0 spiro atoms. The summed E-state index contributed by atoms with van der Waals surface area (Å²) in [4.78, 5) is 1.89. The predicted octanol–water partition coefficient (Wildman–Crippen LogP) is 0.952. The lowest BCUT2D eigenvalue weighted by Crippen LogP contribution is -2.28. The summed E-state index contributed by atoms with van der Waals surface area (Å²) in [7, 11) is 3.58. The van der Waals surface area contributed by atoms with E-state index in [4.69, 9.17) is 10.1 Å². The van der Waals surface area contributed by atoms with Crippen LogP contribution in [0.25, 0.3) is 0 Å². The van der Waals surface area contributed by atoms with Gasteiger partial charge in [-0.2, -0.15) is 0 Å². The van der Waals surface area contributed by atoms with Crippen LogP contribution in [0.5, 0.6) is 0 Å². The highest BCUT2D eigenvalue weighted by molar-refractivity contribution is 5.78. The van der Waals surface area contributed by atoms with Gasteiger partial charge < -0.3 is 9.64 Å². The van der Waals surface area contributed by atoms with Crippen molar-refractivity contribution in [3.05, 3.63) is 0 Å². The molecule has 3 heteroatoms. The molecule has 0 radical (unpaired) electrons. The molecule has 0 aromatic heterocycles. The third-order valence-corrected chi connectivity index (χ3v) is 1.43. The Hall–Kier alpha value is -0.570. The zero-order valence-corrected chi connectivity index (χ0v) is 6.98. The second-order valence-electron chi connectivity index (χ2n) is 2.21. The standard InChI is InChI=1S/C7H16N2O/c1-4-7(8)9(2)5-6-10-3/h8H,4-6H2,1-3H3. The largest absolute Gasteiger partial charge is 0.383 e. The third-order valence-electron chi connectivity index (χ3n) is 1.43. The van der Waals surface area contributed by atoms with E-state index in [2.05, 4.69) is 0 Å². The molecule has 0 saturated heterocycles. The van der Waals surface area contributed by atoms with Crippen molar-refractivity contribution in [3.8, 4) is 0 Å². The van der Waals surface area contributed by atoms with Crippen LogP contribution in [0.2, 0.25) is 0 Å². The van der Waals surface area contributed by atoms with Crippen LogP contribution < -0.4 is 0 Å². The van der Waals surface area contributed by atoms with Crippen molar-refractivity contribution in [2.75, 3.05) is 27.3 Å². The maximum Gasteiger partial charge on any atom is 0.0953 e. The Labute approximate surface area is 62.5 Å². The average Bonchev–Trinajstić information content (AvgIpc) is 1.98. The van der Waals surface area contributed by atoms with Crippen molar-refractivity contribution in [2.24, 2.45) is 0 Å². The lowest BCUT2D eigenvalue weighted by atomic mass is 10.4. The van der Waals surface area contributed by atoms with Crippen LogP contribution in [0.1, 0.15) is 13.3 Å². The van der Waals surface area contributed by atoms with Crippen LogP contribution in [-0.2, 0) is 4.74 Å². The molecule has 0 heterocycles. The Kier molecular flexibility index (Phi) is 4.94. The molecule has 0 aliphatic rings. The van der Waals surface area contributed by atoms with Gasteiger partial charge in [-0.25, -0.2) is 0 Å². The Morgan fingerprint density at radius 2 is 2.20 bits per heavy atom. The molecular weight excluding hydrogens is 128 g/mol. The summed E-state index contributed by atoms with van der Waals surface area (Å²) in [5, 5.41) is 7.39. The topological polar surface area (TPSA) is 36.3 Å². The molecule has 3 nitrogen and oxygen atoms in total. The molecule has 0 fully saturated rings. The third kappa shape index (κ3) is 3.45. The fourth-order valence-electron chi connectivity index (χ4n) is 0.633. The minimum atomic E-state index is 0.664. The molecule has 0 aromatic carbocycles. The van der Waals surface area contributed by atoms with Crippen molar-refractivity contribution in [2.45, 2.75) is 13.3 Å². The fraction of sp³-hybridized carbons (Fsp3) is 0.857. The van der Waals surface area contributed by atoms with Gasteiger partial charge in [0.2, 0.25) is 0 Å². The number of methoxy groups -OCH3 is 1. The Balaban J connectivity index is 3.41.